The van der Waals surface area contributed by atoms with Crippen LogP contribution in [0.3, 0.4) is 0 Å². The summed E-state index contributed by atoms with van der Waals surface area (Å²) in [5.41, 5.74) is 1.80. The van der Waals surface area contributed by atoms with Gasteiger partial charge in [-0.15, -0.1) is 0 Å². The fourth-order valence-corrected chi connectivity index (χ4v) is 3.35. The first-order valence-corrected chi connectivity index (χ1v) is 8.84. The summed E-state index contributed by atoms with van der Waals surface area (Å²) in [5, 5.41) is 0. The number of hydrogen-bond acceptors (Lipinski definition) is 5. The number of likely N-dealkylation sites (N-methyl/N-ethyl adjacent to an activating group) is 2. The Labute approximate surface area is 148 Å². The second-order valence-corrected chi connectivity index (χ2v) is 6.27. The second-order valence-electron chi connectivity index (χ2n) is 6.27. The van der Waals surface area contributed by atoms with Crippen molar-refractivity contribution in [1.29, 1.82) is 0 Å². The minimum Gasteiger partial charge on any atom is -0.494 e. The van der Waals surface area contributed by atoms with Gasteiger partial charge in [0.15, 0.2) is 0 Å². The summed E-state index contributed by atoms with van der Waals surface area (Å²) < 4.78 is 5.47. The Hall–Kier alpha value is -2.34. The molecule has 1 fully saturated rings. The first kappa shape index (κ1) is 17.5. The Kier molecular flexibility index (Phi) is 5.08. The topological polar surface area (TPSA) is 53.1 Å². The molecule has 0 unspecified atom stereocenters. The van der Waals surface area contributed by atoms with E-state index in [2.05, 4.69) is 16.7 Å². The summed E-state index contributed by atoms with van der Waals surface area (Å²) in [6.07, 6.45) is 0. The van der Waals surface area contributed by atoms with Crippen LogP contribution < -0.4 is 4.74 Å². The minimum absolute atomic E-state index is 0.209. The number of benzene rings is 1. The Morgan fingerprint density at radius 2 is 1.60 bits per heavy atom. The average Bonchev–Trinajstić information content (AvgIpc) is 2.87. The molecule has 1 saturated heterocycles. The maximum atomic E-state index is 12.7. The highest BCUT2D eigenvalue weighted by atomic mass is 16.5. The van der Waals surface area contributed by atoms with Crippen molar-refractivity contribution in [1.82, 2.24) is 14.7 Å². The van der Waals surface area contributed by atoms with Gasteiger partial charge in [0.25, 0.3) is 11.8 Å². The van der Waals surface area contributed by atoms with Gasteiger partial charge < -0.3 is 14.5 Å². The first-order chi connectivity index (χ1) is 12.1. The number of piperazine rings is 1. The third kappa shape index (κ3) is 3.26. The van der Waals surface area contributed by atoms with E-state index in [4.69, 9.17) is 4.74 Å². The Balaban J connectivity index is 1.94. The van der Waals surface area contributed by atoms with E-state index in [1.165, 1.54) is 4.90 Å². The normalized spacial score (nSPS) is 19.2. The predicted octanol–water partition coefficient (Wildman–Crippen LogP) is 1.43. The SMILES string of the molecule is CCOc1ccc(C2=C(N3CCN(CC)CC3)C(=O)N(C)C2=O)cc1. The molecule has 2 amide bonds. The average molecular weight is 343 g/mol. The molecule has 0 atom stereocenters. The molecule has 2 heterocycles. The van der Waals surface area contributed by atoms with E-state index in [-0.39, 0.29) is 11.8 Å². The van der Waals surface area contributed by atoms with E-state index in [0.717, 1.165) is 44.0 Å². The number of nitrogens with zero attached hydrogens (tertiary/aromatic N) is 3. The lowest BCUT2D eigenvalue weighted by Crippen LogP contribution is -2.47. The van der Waals surface area contributed by atoms with Crippen LogP contribution in [0.1, 0.15) is 19.4 Å². The smallest absolute Gasteiger partial charge is 0.277 e. The third-order valence-corrected chi connectivity index (χ3v) is 4.85. The van der Waals surface area contributed by atoms with Crippen molar-refractivity contribution in [2.24, 2.45) is 0 Å². The van der Waals surface area contributed by atoms with E-state index in [9.17, 15) is 9.59 Å². The molecule has 2 aliphatic rings. The molecule has 0 radical (unpaired) electrons. The highest BCUT2D eigenvalue weighted by Gasteiger charge is 2.40. The van der Waals surface area contributed by atoms with Crippen LogP contribution in [0, 0.1) is 0 Å². The van der Waals surface area contributed by atoms with Crippen LogP contribution in [0.5, 0.6) is 5.75 Å². The molecule has 6 heteroatoms. The maximum absolute atomic E-state index is 12.7. The highest BCUT2D eigenvalue weighted by Crippen LogP contribution is 2.32. The van der Waals surface area contributed by atoms with Gasteiger partial charge in [0.05, 0.1) is 12.2 Å². The molecule has 1 aromatic carbocycles. The lowest BCUT2D eigenvalue weighted by molar-refractivity contribution is -0.136. The van der Waals surface area contributed by atoms with Gasteiger partial charge in [-0.25, -0.2) is 0 Å². The summed E-state index contributed by atoms with van der Waals surface area (Å²) in [5.74, 6) is 0.316. The molecule has 3 rings (SSSR count). The number of ether oxygens (including phenoxy) is 1. The van der Waals surface area contributed by atoms with Crippen molar-refractivity contribution >= 4 is 17.4 Å². The summed E-state index contributed by atoms with van der Waals surface area (Å²) in [6, 6.07) is 7.39. The Morgan fingerprint density at radius 1 is 0.960 bits per heavy atom. The molecular formula is C19H25N3O3. The van der Waals surface area contributed by atoms with Crippen LogP contribution in [-0.4, -0.2) is 72.9 Å². The second kappa shape index (κ2) is 7.27. The molecule has 1 aromatic rings. The van der Waals surface area contributed by atoms with E-state index in [0.29, 0.717) is 17.9 Å². The summed E-state index contributed by atoms with van der Waals surface area (Å²) in [6.45, 7) is 8.99. The van der Waals surface area contributed by atoms with E-state index in [1.807, 2.05) is 31.2 Å². The molecule has 0 bridgehead atoms. The summed E-state index contributed by atoms with van der Waals surface area (Å²) in [4.78, 5) is 31.0. The van der Waals surface area contributed by atoms with Gasteiger partial charge >= 0.3 is 0 Å². The number of amides is 2. The van der Waals surface area contributed by atoms with Gasteiger partial charge in [-0.1, -0.05) is 19.1 Å². The van der Waals surface area contributed by atoms with Gasteiger partial charge in [0.1, 0.15) is 11.4 Å². The van der Waals surface area contributed by atoms with Crippen molar-refractivity contribution in [3.63, 3.8) is 0 Å². The van der Waals surface area contributed by atoms with Crippen molar-refractivity contribution in [3.05, 3.63) is 35.5 Å². The quantitative estimate of drug-likeness (QED) is 0.757. The van der Waals surface area contributed by atoms with Crippen LogP contribution in [0.2, 0.25) is 0 Å². The molecule has 0 N–H and O–H groups in total. The largest absolute Gasteiger partial charge is 0.494 e. The van der Waals surface area contributed by atoms with Crippen molar-refractivity contribution in [3.8, 4) is 5.75 Å². The van der Waals surface area contributed by atoms with E-state index in [1.54, 1.807) is 7.05 Å². The molecule has 0 saturated carbocycles. The van der Waals surface area contributed by atoms with Gasteiger partial charge in [-0.3, -0.25) is 14.5 Å². The zero-order valence-corrected chi connectivity index (χ0v) is 15.1. The molecule has 0 aliphatic carbocycles. The predicted molar refractivity (Wildman–Crippen MR) is 96.0 cm³/mol. The molecular weight excluding hydrogens is 318 g/mol. The molecule has 0 spiro atoms. The van der Waals surface area contributed by atoms with Crippen molar-refractivity contribution in [2.75, 3.05) is 46.4 Å². The first-order valence-electron chi connectivity index (χ1n) is 8.84. The van der Waals surface area contributed by atoms with E-state index >= 15 is 0 Å². The maximum Gasteiger partial charge on any atom is 0.277 e. The number of rotatable bonds is 5. The Morgan fingerprint density at radius 3 is 2.16 bits per heavy atom. The summed E-state index contributed by atoms with van der Waals surface area (Å²) >= 11 is 0. The van der Waals surface area contributed by atoms with Gasteiger partial charge in [0.2, 0.25) is 0 Å². The standard InChI is InChI=1S/C19H25N3O3/c1-4-21-10-12-22(13-11-21)17-16(18(23)20(3)19(17)24)14-6-8-15(9-7-14)25-5-2/h6-9H,4-5,10-13H2,1-3H3. The van der Waals surface area contributed by atoms with E-state index < -0.39 is 0 Å². The van der Waals surface area contributed by atoms with Crippen LogP contribution in [0.25, 0.3) is 5.57 Å². The Bertz CT molecular complexity index is 688. The van der Waals surface area contributed by atoms with Crippen LogP contribution in [-0.2, 0) is 9.59 Å². The van der Waals surface area contributed by atoms with Crippen LogP contribution in [0.15, 0.2) is 30.0 Å². The van der Waals surface area contributed by atoms with Gasteiger partial charge in [-0.2, -0.15) is 0 Å². The molecule has 134 valence electrons. The van der Waals surface area contributed by atoms with Gasteiger partial charge in [0, 0.05) is 33.2 Å². The number of hydrogen-bond donors (Lipinski definition) is 0. The zero-order chi connectivity index (χ0) is 18.0. The van der Waals surface area contributed by atoms with Gasteiger partial charge in [-0.05, 0) is 31.2 Å². The summed E-state index contributed by atoms with van der Waals surface area (Å²) in [7, 11) is 1.55. The fourth-order valence-electron chi connectivity index (χ4n) is 3.35. The third-order valence-electron chi connectivity index (χ3n) is 4.85. The lowest BCUT2D eigenvalue weighted by Gasteiger charge is -2.35. The highest BCUT2D eigenvalue weighted by molar-refractivity contribution is 6.35. The van der Waals surface area contributed by atoms with Crippen molar-refractivity contribution < 1.29 is 14.3 Å². The number of carbonyl (C=O) groups excluding carboxylic acids is 2. The molecule has 25 heavy (non-hydrogen) atoms. The monoisotopic (exact) mass is 343 g/mol. The zero-order valence-electron chi connectivity index (χ0n) is 15.1. The molecule has 6 nitrogen and oxygen atoms in total. The molecule has 0 aromatic heterocycles. The van der Waals surface area contributed by atoms with Crippen molar-refractivity contribution in [2.45, 2.75) is 13.8 Å². The van der Waals surface area contributed by atoms with Crippen LogP contribution >= 0.6 is 0 Å². The lowest BCUT2D eigenvalue weighted by atomic mass is 10.0. The van der Waals surface area contributed by atoms with Crippen LogP contribution in [0.4, 0.5) is 0 Å². The number of imide groups is 1. The minimum atomic E-state index is -0.234. The fraction of sp³-hybridized carbons (Fsp3) is 0.474. The number of carbonyl (C=O) groups is 2. The molecule has 2 aliphatic heterocycles.